The molecule has 0 saturated carbocycles. The van der Waals surface area contributed by atoms with Gasteiger partial charge in [0.1, 0.15) is 29.8 Å². The first kappa shape index (κ1) is 41.9. The fourth-order valence-electron chi connectivity index (χ4n) is 9.30. The molecule has 9 heteroatoms. The average molecular weight is 740 g/mol. The van der Waals surface area contributed by atoms with E-state index in [4.69, 9.17) is 18.9 Å². The van der Waals surface area contributed by atoms with E-state index in [1.165, 1.54) is 25.7 Å². The van der Waals surface area contributed by atoms with Crippen LogP contribution in [0.15, 0.2) is 47.1 Å². The minimum atomic E-state index is -1.78. The minimum absolute atomic E-state index is 0.0257. The van der Waals surface area contributed by atoms with Gasteiger partial charge in [-0.05, 0) is 62.0 Å². The van der Waals surface area contributed by atoms with Crippen molar-refractivity contribution in [2.75, 3.05) is 6.61 Å². The Morgan fingerprint density at radius 2 is 1.77 bits per heavy atom. The monoisotopic (exact) mass is 740 g/mol. The SMILES string of the molecule is CCCCCCCCCC(=O)N[C@H]1/C(C)=C/C[C@@H]2C[C@@H](C[C@]3(CC[C@H](C)[C@@H]([C@@H](C)CC)O3)O2)OC(=O)[C@@H]2C=C(C)[C@@H](O)[C@H]3OC/C(=C\C=C\[C@@H]1C)[C@]32O. The van der Waals surface area contributed by atoms with Crippen molar-refractivity contribution in [1.29, 1.82) is 0 Å². The smallest absolute Gasteiger partial charge is 0.316 e. The Morgan fingerprint density at radius 3 is 2.51 bits per heavy atom. The van der Waals surface area contributed by atoms with Gasteiger partial charge in [-0.15, -0.1) is 0 Å². The van der Waals surface area contributed by atoms with Gasteiger partial charge in [0, 0.05) is 25.7 Å². The Labute approximate surface area is 319 Å². The lowest BCUT2D eigenvalue weighted by Gasteiger charge is -2.51. The van der Waals surface area contributed by atoms with E-state index in [0.29, 0.717) is 55.1 Å². The summed E-state index contributed by atoms with van der Waals surface area (Å²) in [5, 5.41) is 26.8. The van der Waals surface area contributed by atoms with Crippen LogP contribution in [0.3, 0.4) is 0 Å². The molecule has 1 amide bonds. The van der Waals surface area contributed by atoms with Crippen LogP contribution in [-0.4, -0.2) is 76.6 Å². The molecule has 298 valence electrons. The summed E-state index contributed by atoms with van der Waals surface area (Å²) >= 11 is 0. The fourth-order valence-corrected chi connectivity index (χ4v) is 9.30. The van der Waals surface area contributed by atoms with Crippen molar-refractivity contribution < 1.29 is 38.7 Å². The van der Waals surface area contributed by atoms with Gasteiger partial charge in [0.2, 0.25) is 5.91 Å². The highest BCUT2D eigenvalue weighted by molar-refractivity contribution is 5.79. The van der Waals surface area contributed by atoms with Gasteiger partial charge in [-0.3, -0.25) is 9.59 Å². The summed E-state index contributed by atoms with van der Waals surface area (Å²) in [6, 6.07) is -0.243. The first-order chi connectivity index (χ1) is 25.3. The third-order valence-electron chi connectivity index (χ3n) is 12.9. The minimum Gasteiger partial charge on any atom is -0.462 e. The Balaban J connectivity index is 1.45. The molecule has 53 heavy (non-hydrogen) atoms. The Hall–Kier alpha value is -2.30. The number of carbonyl (C=O) groups is 2. The lowest BCUT2D eigenvalue weighted by molar-refractivity contribution is -0.340. The molecule has 0 radical (unpaired) electrons. The van der Waals surface area contributed by atoms with Crippen LogP contribution in [0.5, 0.6) is 0 Å². The summed E-state index contributed by atoms with van der Waals surface area (Å²) in [6.07, 6.45) is 19.4. The number of hydrogen-bond donors (Lipinski definition) is 3. The van der Waals surface area contributed by atoms with Crippen LogP contribution < -0.4 is 5.32 Å². The van der Waals surface area contributed by atoms with Crippen LogP contribution in [0.1, 0.15) is 138 Å². The summed E-state index contributed by atoms with van der Waals surface area (Å²) in [4.78, 5) is 27.6. The molecule has 3 saturated heterocycles. The molecule has 9 nitrogen and oxygen atoms in total. The highest BCUT2D eigenvalue weighted by Gasteiger charge is 2.60. The van der Waals surface area contributed by atoms with Crippen molar-refractivity contribution in [3.63, 3.8) is 0 Å². The maximum atomic E-state index is 14.2. The number of amides is 1. The summed E-state index contributed by atoms with van der Waals surface area (Å²) < 4.78 is 26.2. The van der Waals surface area contributed by atoms with E-state index in [1.54, 1.807) is 19.1 Å². The second kappa shape index (κ2) is 18.6. The molecule has 3 N–H and O–H groups in total. The normalized spacial score (nSPS) is 40.9. The van der Waals surface area contributed by atoms with Crippen molar-refractivity contribution in [3.05, 3.63) is 47.1 Å². The third-order valence-corrected chi connectivity index (χ3v) is 12.9. The number of esters is 1. The molecule has 0 aromatic carbocycles. The molecule has 4 aliphatic heterocycles. The van der Waals surface area contributed by atoms with Crippen LogP contribution in [0.4, 0.5) is 0 Å². The quantitative estimate of drug-likeness (QED) is 0.112. The molecule has 5 aliphatic rings. The maximum absolute atomic E-state index is 14.2. The predicted molar refractivity (Wildman–Crippen MR) is 207 cm³/mol. The maximum Gasteiger partial charge on any atom is 0.316 e. The predicted octanol–water partition coefficient (Wildman–Crippen LogP) is 7.80. The van der Waals surface area contributed by atoms with E-state index in [1.807, 2.05) is 12.2 Å². The molecule has 0 aromatic rings. The molecule has 3 fully saturated rings. The number of unbranched alkanes of at least 4 members (excludes halogenated alkanes) is 6. The molecule has 0 aromatic heterocycles. The van der Waals surface area contributed by atoms with E-state index in [-0.39, 0.29) is 36.7 Å². The largest absolute Gasteiger partial charge is 0.462 e. The van der Waals surface area contributed by atoms with Crippen molar-refractivity contribution in [2.24, 2.45) is 23.7 Å². The number of aliphatic hydroxyl groups is 2. The van der Waals surface area contributed by atoms with E-state index in [9.17, 15) is 19.8 Å². The van der Waals surface area contributed by atoms with E-state index in [2.05, 4.69) is 52.9 Å². The fraction of sp³-hybridized carbons (Fsp3) is 0.773. The summed E-state index contributed by atoms with van der Waals surface area (Å²) in [7, 11) is 0. The lowest BCUT2D eigenvalue weighted by atomic mass is 9.71. The van der Waals surface area contributed by atoms with Crippen LogP contribution in [0.2, 0.25) is 0 Å². The second-order valence-electron chi connectivity index (χ2n) is 17.1. The molecular formula is C44H69NO8. The number of nitrogens with one attached hydrogen (secondary N) is 1. The number of fused-ring (bicyclic) bond motifs is 2. The van der Waals surface area contributed by atoms with Gasteiger partial charge in [0.25, 0.3) is 0 Å². The van der Waals surface area contributed by atoms with Crippen LogP contribution in [0.25, 0.3) is 0 Å². The number of rotatable bonds is 11. The zero-order valence-electron chi connectivity index (χ0n) is 33.6. The average Bonchev–Trinajstić information content (AvgIpc) is 3.47. The zero-order valence-corrected chi connectivity index (χ0v) is 33.6. The number of ether oxygens (including phenoxy) is 4. The topological polar surface area (TPSA) is 124 Å². The Kier molecular flexibility index (Phi) is 14.7. The molecule has 5 rings (SSSR count). The van der Waals surface area contributed by atoms with Gasteiger partial charge in [0.05, 0.1) is 24.9 Å². The van der Waals surface area contributed by atoms with E-state index < -0.39 is 41.6 Å². The third kappa shape index (κ3) is 9.75. The van der Waals surface area contributed by atoms with Gasteiger partial charge >= 0.3 is 5.97 Å². The molecule has 2 bridgehead atoms. The first-order valence-corrected chi connectivity index (χ1v) is 20.9. The van der Waals surface area contributed by atoms with Crippen molar-refractivity contribution in [2.45, 2.75) is 186 Å². The van der Waals surface area contributed by atoms with Gasteiger partial charge in [-0.2, -0.15) is 0 Å². The zero-order chi connectivity index (χ0) is 38.3. The van der Waals surface area contributed by atoms with Crippen LogP contribution >= 0.6 is 0 Å². The van der Waals surface area contributed by atoms with Gasteiger partial charge in [-0.25, -0.2) is 0 Å². The van der Waals surface area contributed by atoms with E-state index >= 15 is 0 Å². The highest BCUT2D eigenvalue weighted by Crippen LogP contribution is 2.48. The lowest BCUT2D eigenvalue weighted by Crippen LogP contribution is -2.58. The van der Waals surface area contributed by atoms with Crippen LogP contribution in [0, 0.1) is 23.7 Å². The second-order valence-corrected chi connectivity index (χ2v) is 17.1. The molecular weight excluding hydrogens is 670 g/mol. The summed E-state index contributed by atoms with van der Waals surface area (Å²) in [6.45, 7) is 14.9. The van der Waals surface area contributed by atoms with Crippen LogP contribution in [-0.2, 0) is 28.5 Å². The number of hydrogen-bond acceptors (Lipinski definition) is 8. The Morgan fingerprint density at radius 1 is 1.04 bits per heavy atom. The van der Waals surface area contributed by atoms with Gasteiger partial charge < -0.3 is 34.5 Å². The standard InChI is InChI=1S/C44H69NO8/c1-8-10-11-12-13-14-15-19-37(46)45-38-29(4)17-16-18-33-27-50-41-39(47)32(7)24-36(44(33,41)49)42(48)51-35-25-34(21-20-30(38)5)52-43(26-35)23-22-31(6)40(53-43)28(3)9-2/h16-18,20,24,28-29,31,34-36,38-41,47,49H,8-15,19,21-23,25-27H2,1-7H3,(H,45,46)/b17-16+,30-20+,33-18+/t28-,29-,31-,34+,35-,36-,38+,39+,40+,41+,43+,44+/m0/s1. The first-order valence-electron chi connectivity index (χ1n) is 20.9. The molecule has 0 unspecified atom stereocenters. The molecule has 1 spiro atoms. The van der Waals surface area contributed by atoms with Gasteiger partial charge in [-0.1, -0.05) is 116 Å². The number of allylic oxidation sites excluding steroid dienone is 2. The van der Waals surface area contributed by atoms with Crippen molar-refractivity contribution in [1.82, 2.24) is 5.32 Å². The van der Waals surface area contributed by atoms with Crippen molar-refractivity contribution >= 4 is 11.9 Å². The molecule has 12 atom stereocenters. The molecule has 4 heterocycles. The molecule has 1 aliphatic carbocycles. The summed E-state index contributed by atoms with van der Waals surface area (Å²) in [5.74, 6) is -1.78. The number of carbonyl (C=O) groups excluding carboxylic acids is 2. The Bertz CT molecular complexity index is 1380. The highest BCUT2D eigenvalue weighted by atomic mass is 16.7. The van der Waals surface area contributed by atoms with Crippen molar-refractivity contribution in [3.8, 4) is 0 Å². The number of aliphatic hydroxyl groups excluding tert-OH is 1. The van der Waals surface area contributed by atoms with E-state index in [0.717, 1.165) is 37.7 Å². The summed E-state index contributed by atoms with van der Waals surface area (Å²) in [5.41, 5.74) is 0.346. The van der Waals surface area contributed by atoms with Gasteiger partial charge in [0.15, 0.2) is 5.79 Å².